The molecule has 2 unspecified atom stereocenters. The maximum Gasteiger partial charge on any atom is 0.306 e. The van der Waals surface area contributed by atoms with Gasteiger partial charge in [0.25, 0.3) is 11.8 Å². The number of likely N-dealkylation sites (tertiary alicyclic amines) is 1. The Kier molecular flexibility index (Phi) is 5.37. The molecule has 2 heterocycles. The average Bonchev–Trinajstić information content (AvgIpc) is 3.15. The van der Waals surface area contributed by atoms with Gasteiger partial charge < -0.3 is 15.3 Å². The van der Waals surface area contributed by atoms with E-state index in [1.54, 1.807) is 41.3 Å². The molecular formula is C19H20N2O4S. The van der Waals surface area contributed by atoms with Gasteiger partial charge >= 0.3 is 5.97 Å². The number of carbonyl (C=O) groups excluding carboxylic acids is 2. The lowest BCUT2D eigenvalue weighted by Gasteiger charge is -2.35. The van der Waals surface area contributed by atoms with Crippen molar-refractivity contribution in [2.45, 2.75) is 13.3 Å². The van der Waals surface area contributed by atoms with Gasteiger partial charge in [-0.1, -0.05) is 19.1 Å². The van der Waals surface area contributed by atoms with Crippen molar-refractivity contribution < 1.29 is 19.5 Å². The highest BCUT2D eigenvalue weighted by atomic mass is 32.1. The van der Waals surface area contributed by atoms with Crippen LogP contribution in [0.5, 0.6) is 0 Å². The van der Waals surface area contributed by atoms with Crippen LogP contribution in [0.25, 0.3) is 0 Å². The van der Waals surface area contributed by atoms with Crippen molar-refractivity contribution in [3.05, 3.63) is 52.2 Å². The number of benzene rings is 1. The monoisotopic (exact) mass is 372 g/mol. The minimum absolute atomic E-state index is 0.0908. The summed E-state index contributed by atoms with van der Waals surface area (Å²) in [4.78, 5) is 38.4. The van der Waals surface area contributed by atoms with E-state index in [2.05, 4.69) is 5.32 Å². The number of amides is 2. The number of anilines is 1. The van der Waals surface area contributed by atoms with Gasteiger partial charge in [0.2, 0.25) is 0 Å². The van der Waals surface area contributed by atoms with Crippen LogP contribution >= 0.6 is 11.3 Å². The minimum Gasteiger partial charge on any atom is -0.481 e. The van der Waals surface area contributed by atoms with Gasteiger partial charge in [-0.15, -0.1) is 11.3 Å². The zero-order valence-electron chi connectivity index (χ0n) is 14.3. The van der Waals surface area contributed by atoms with Crippen LogP contribution in [0.15, 0.2) is 41.8 Å². The highest BCUT2D eigenvalue weighted by Crippen LogP contribution is 2.25. The van der Waals surface area contributed by atoms with E-state index in [-0.39, 0.29) is 17.7 Å². The largest absolute Gasteiger partial charge is 0.481 e. The van der Waals surface area contributed by atoms with Crippen LogP contribution in [0.1, 0.15) is 33.4 Å². The number of carboxylic acid groups (broad SMARTS) is 1. The molecule has 2 aromatic rings. The molecule has 2 amide bonds. The number of nitrogens with zero attached hydrogens (tertiary/aromatic N) is 1. The third-order valence-electron chi connectivity index (χ3n) is 4.62. The number of hydrogen-bond acceptors (Lipinski definition) is 4. The van der Waals surface area contributed by atoms with E-state index in [1.807, 2.05) is 12.3 Å². The summed E-state index contributed by atoms with van der Waals surface area (Å²) in [6, 6.07) is 10.4. The molecule has 3 rings (SSSR count). The van der Waals surface area contributed by atoms with E-state index in [1.165, 1.54) is 11.3 Å². The Hall–Kier alpha value is -2.67. The van der Waals surface area contributed by atoms with Gasteiger partial charge in [0.15, 0.2) is 0 Å². The number of rotatable bonds is 4. The zero-order valence-corrected chi connectivity index (χ0v) is 15.2. The van der Waals surface area contributed by atoms with E-state index in [0.717, 1.165) is 0 Å². The smallest absolute Gasteiger partial charge is 0.306 e. The lowest BCUT2D eigenvalue weighted by Crippen LogP contribution is -2.45. The first-order valence-electron chi connectivity index (χ1n) is 8.42. The molecule has 0 radical (unpaired) electrons. The van der Waals surface area contributed by atoms with E-state index in [9.17, 15) is 19.5 Å². The molecule has 1 aromatic carbocycles. The second-order valence-electron chi connectivity index (χ2n) is 6.47. The van der Waals surface area contributed by atoms with Gasteiger partial charge in [0, 0.05) is 24.3 Å². The lowest BCUT2D eigenvalue weighted by molar-refractivity contribution is -0.145. The molecule has 1 aromatic heterocycles. The predicted octanol–water partition coefficient (Wildman–Crippen LogP) is 3.18. The quantitative estimate of drug-likeness (QED) is 0.863. The number of nitrogens with one attached hydrogen (secondary N) is 1. The van der Waals surface area contributed by atoms with Crippen LogP contribution in [0.4, 0.5) is 5.69 Å². The molecule has 2 atom stereocenters. The van der Waals surface area contributed by atoms with Crippen LogP contribution < -0.4 is 5.32 Å². The number of carbonyl (C=O) groups is 3. The third kappa shape index (κ3) is 3.94. The van der Waals surface area contributed by atoms with Crippen molar-refractivity contribution in [2.24, 2.45) is 11.8 Å². The van der Waals surface area contributed by atoms with Gasteiger partial charge in [-0.05, 0) is 42.0 Å². The number of thiophene rings is 1. The molecule has 1 fully saturated rings. The standard InChI is InChI=1S/C19H20N2O4S/c1-12-11-21(8-7-15(12)19(24)25)18(23)13-4-2-5-14(10-13)20-17(22)16-6-3-9-26-16/h2-6,9-10,12,15H,7-8,11H2,1H3,(H,20,22)(H,24,25). The summed E-state index contributed by atoms with van der Waals surface area (Å²) in [6.45, 7) is 2.70. The summed E-state index contributed by atoms with van der Waals surface area (Å²) in [5.41, 5.74) is 1.04. The molecule has 0 saturated carbocycles. The Morgan fingerprint density at radius 1 is 1.23 bits per heavy atom. The Balaban J connectivity index is 1.69. The van der Waals surface area contributed by atoms with Gasteiger partial charge in [-0.3, -0.25) is 14.4 Å². The van der Waals surface area contributed by atoms with Gasteiger partial charge in [0.1, 0.15) is 0 Å². The fourth-order valence-corrected chi connectivity index (χ4v) is 3.83. The highest BCUT2D eigenvalue weighted by molar-refractivity contribution is 7.12. The molecular weight excluding hydrogens is 352 g/mol. The summed E-state index contributed by atoms with van der Waals surface area (Å²) in [7, 11) is 0. The van der Waals surface area contributed by atoms with E-state index >= 15 is 0 Å². The van der Waals surface area contributed by atoms with Crippen molar-refractivity contribution in [3.63, 3.8) is 0 Å². The molecule has 6 nitrogen and oxygen atoms in total. The van der Waals surface area contributed by atoms with Crippen molar-refractivity contribution in [1.29, 1.82) is 0 Å². The molecule has 0 bridgehead atoms. The van der Waals surface area contributed by atoms with Crippen molar-refractivity contribution in [3.8, 4) is 0 Å². The minimum atomic E-state index is -0.803. The Morgan fingerprint density at radius 3 is 2.69 bits per heavy atom. The molecule has 1 aliphatic rings. The SMILES string of the molecule is CC1CN(C(=O)c2cccc(NC(=O)c3cccs3)c2)CCC1C(=O)O. The van der Waals surface area contributed by atoms with E-state index in [4.69, 9.17) is 0 Å². The first-order valence-corrected chi connectivity index (χ1v) is 9.30. The molecule has 0 spiro atoms. The topological polar surface area (TPSA) is 86.7 Å². The predicted molar refractivity (Wildman–Crippen MR) is 99.5 cm³/mol. The maximum absolute atomic E-state index is 12.8. The second-order valence-corrected chi connectivity index (χ2v) is 7.42. The molecule has 136 valence electrons. The van der Waals surface area contributed by atoms with Crippen LogP contribution in [-0.2, 0) is 4.79 Å². The maximum atomic E-state index is 12.8. The molecule has 26 heavy (non-hydrogen) atoms. The summed E-state index contributed by atoms with van der Waals surface area (Å²) in [5.74, 6) is -1.65. The van der Waals surface area contributed by atoms with Crippen molar-refractivity contribution in [1.82, 2.24) is 4.90 Å². The van der Waals surface area contributed by atoms with Crippen molar-refractivity contribution >= 4 is 34.8 Å². The number of carboxylic acids is 1. The third-order valence-corrected chi connectivity index (χ3v) is 5.49. The molecule has 2 N–H and O–H groups in total. The Labute approximate surface area is 155 Å². The Bertz CT molecular complexity index is 819. The second kappa shape index (κ2) is 7.70. The fraction of sp³-hybridized carbons (Fsp3) is 0.316. The molecule has 1 aliphatic heterocycles. The first kappa shape index (κ1) is 18.1. The van der Waals surface area contributed by atoms with Gasteiger partial charge in [0.05, 0.1) is 10.8 Å². The molecule has 0 aliphatic carbocycles. The van der Waals surface area contributed by atoms with Crippen LogP contribution in [0.3, 0.4) is 0 Å². The summed E-state index contributed by atoms with van der Waals surface area (Å²) < 4.78 is 0. The van der Waals surface area contributed by atoms with Crippen molar-refractivity contribution in [2.75, 3.05) is 18.4 Å². The summed E-state index contributed by atoms with van der Waals surface area (Å²) >= 11 is 1.35. The molecule has 1 saturated heterocycles. The Morgan fingerprint density at radius 2 is 2.04 bits per heavy atom. The number of piperidine rings is 1. The molecule has 7 heteroatoms. The first-order chi connectivity index (χ1) is 12.5. The fourth-order valence-electron chi connectivity index (χ4n) is 3.21. The van der Waals surface area contributed by atoms with Gasteiger partial charge in [-0.25, -0.2) is 0 Å². The van der Waals surface area contributed by atoms with Crippen LogP contribution in [0.2, 0.25) is 0 Å². The van der Waals surface area contributed by atoms with Gasteiger partial charge in [-0.2, -0.15) is 0 Å². The van der Waals surface area contributed by atoms with E-state index < -0.39 is 11.9 Å². The normalized spacial score (nSPS) is 19.8. The van der Waals surface area contributed by atoms with Crippen LogP contribution in [0, 0.1) is 11.8 Å². The zero-order chi connectivity index (χ0) is 18.7. The number of hydrogen-bond donors (Lipinski definition) is 2. The van der Waals surface area contributed by atoms with E-state index in [0.29, 0.717) is 35.6 Å². The summed E-state index contributed by atoms with van der Waals surface area (Å²) in [5, 5.41) is 13.8. The average molecular weight is 372 g/mol. The van der Waals surface area contributed by atoms with Crippen LogP contribution in [-0.4, -0.2) is 40.9 Å². The lowest BCUT2D eigenvalue weighted by atomic mass is 9.87. The number of aliphatic carboxylic acids is 1. The summed E-state index contributed by atoms with van der Waals surface area (Å²) in [6.07, 6.45) is 0.455. The highest BCUT2D eigenvalue weighted by Gasteiger charge is 2.33.